The molecule has 0 radical (unpaired) electrons. The number of benzene rings is 1. The van der Waals surface area contributed by atoms with Crippen LogP contribution < -0.4 is 5.32 Å². The predicted octanol–water partition coefficient (Wildman–Crippen LogP) is 2.94. The largest absolute Gasteiger partial charge is 0.377 e. The molecule has 82 valence electrons. The molecular formula is C9H7BrClF2NO. The van der Waals surface area contributed by atoms with Crippen molar-refractivity contribution in [3.63, 3.8) is 0 Å². The second-order valence-corrected chi connectivity index (χ2v) is 4.24. The average molecular weight is 299 g/mol. The van der Waals surface area contributed by atoms with Crippen LogP contribution in [0.15, 0.2) is 24.3 Å². The van der Waals surface area contributed by atoms with Crippen molar-refractivity contribution in [3.8, 4) is 0 Å². The van der Waals surface area contributed by atoms with Gasteiger partial charge in [0.05, 0.1) is 0 Å². The Labute approximate surface area is 98.7 Å². The summed E-state index contributed by atoms with van der Waals surface area (Å²) in [6.45, 7) is 0.0389. The van der Waals surface area contributed by atoms with Crippen molar-refractivity contribution in [2.75, 3.05) is 0 Å². The maximum Gasteiger partial charge on any atom is 0.377 e. The van der Waals surface area contributed by atoms with Crippen molar-refractivity contribution in [3.05, 3.63) is 34.9 Å². The molecule has 15 heavy (non-hydrogen) atoms. The van der Waals surface area contributed by atoms with Gasteiger partial charge in [-0.3, -0.25) is 4.79 Å². The second kappa shape index (κ2) is 4.90. The fraction of sp³-hybridized carbons (Fsp3) is 0.222. The average Bonchev–Trinajstić information content (AvgIpc) is 2.15. The lowest BCUT2D eigenvalue weighted by molar-refractivity contribution is -0.134. The number of hydrogen-bond donors (Lipinski definition) is 1. The van der Waals surface area contributed by atoms with Crippen molar-refractivity contribution >= 4 is 33.4 Å². The Morgan fingerprint density at radius 2 is 1.93 bits per heavy atom. The van der Waals surface area contributed by atoms with E-state index in [-0.39, 0.29) is 6.54 Å². The number of carbonyl (C=O) groups excluding carboxylic acids is 1. The van der Waals surface area contributed by atoms with Crippen molar-refractivity contribution in [1.29, 1.82) is 0 Å². The highest BCUT2D eigenvalue weighted by Gasteiger charge is 2.34. The highest BCUT2D eigenvalue weighted by atomic mass is 79.9. The van der Waals surface area contributed by atoms with Crippen LogP contribution in [0.3, 0.4) is 0 Å². The number of rotatable bonds is 3. The zero-order chi connectivity index (χ0) is 11.5. The van der Waals surface area contributed by atoms with E-state index in [1.54, 1.807) is 24.3 Å². The van der Waals surface area contributed by atoms with Gasteiger partial charge in [0, 0.05) is 27.5 Å². The Balaban J connectivity index is 2.51. The van der Waals surface area contributed by atoms with E-state index in [1.165, 1.54) is 0 Å². The summed E-state index contributed by atoms with van der Waals surface area (Å²) in [6, 6.07) is 6.54. The maximum absolute atomic E-state index is 12.4. The van der Waals surface area contributed by atoms with Crippen LogP contribution in [0, 0.1) is 0 Å². The maximum atomic E-state index is 12.4. The number of amides is 1. The number of hydrogen-bond acceptors (Lipinski definition) is 1. The summed E-state index contributed by atoms with van der Waals surface area (Å²) in [5.74, 6) is -1.36. The van der Waals surface area contributed by atoms with E-state index in [0.717, 1.165) is 0 Å². The van der Waals surface area contributed by atoms with Crippen LogP contribution in [0.4, 0.5) is 8.78 Å². The fourth-order valence-electron chi connectivity index (χ4n) is 0.885. The second-order valence-electron chi connectivity index (χ2n) is 2.81. The molecule has 0 saturated heterocycles. The molecule has 0 aromatic heterocycles. The normalized spacial score (nSPS) is 11.2. The van der Waals surface area contributed by atoms with Crippen LogP contribution >= 0.6 is 27.5 Å². The van der Waals surface area contributed by atoms with Crippen molar-refractivity contribution < 1.29 is 13.6 Å². The van der Waals surface area contributed by atoms with E-state index >= 15 is 0 Å². The summed E-state index contributed by atoms with van der Waals surface area (Å²) >= 11 is 7.59. The minimum absolute atomic E-state index is 0.0389. The first kappa shape index (κ1) is 12.4. The highest BCUT2D eigenvalue weighted by Crippen LogP contribution is 2.21. The van der Waals surface area contributed by atoms with Crippen LogP contribution in [-0.4, -0.2) is 10.7 Å². The van der Waals surface area contributed by atoms with Gasteiger partial charge in [0.15, 0.2) is 0 Å². The quantitative estimate of drug-likeness (QED) is 0.854. The summed E-state index contributed by atoms with van der Waals surface area (Å²) in [5, 5.41) is 2.63. The first-order chi connectivity index (χ1) is 6.89. The summed E-state index contributed by atoms with van der Waals surface area (Å²) in [4.78, 5) is 7.24. The topological polar surface area (TPSA) is 29.1 Å². The monoisotopic (exact) mass is 297 g/mol. The Morgan fingerprint density at radius 1 is 1.40 bits per heavy atom. The third kappa shape index (κ3) is 4.13. The van der Waals surface area contributed by atoms with Gasteiger partial charge in [-0.1, -0.05) is 23.7 Å². The predicted molar refractivity (Wildman–Crippen MR) is 57.2 cm³/mol. The molecule has 0 aliphatic heterocycles. The molecule has 0 aliphatic carbocycles. The zero-order valence-corrected chi connectivity index (χ0v) is 9.78. The van der Waals surface area contributed by atoms with Gasteiger partial charge < -0.3 is 5.32 Å². The molecule has 2 nitrogen and oxygen atoms in total. The molecule has 1 rings (SSSR count). The SMILES string of the molecule is O=C(NCc1ccc(Cl)cc1)C(F)(F)Br. The third-order valence-electron chi connectivity index (χ3n) is 1.62. The summed E-state index contributed by atoms with van der Waals surface area (Å²) in [7, 11) is 0. The number of halogens is 4. The summed E-state index contributed by atoms with van der Waals surface area (Å²) in [6.07, 6.45) is 0. The molecule has 1 amide bonds. The summed E-state index contributed by atoms with van der Waals surface area (Å²) < 4.78 is 24.7. The molecule has 0 spiro atoms. The van der Waals surface area contributed by atoms with Gasteiger partial charge in [-0.2, -0.15) is 8.78 Å². The van der Waals surface area contributed by atoms with E-state index in [0.29, 0.717) is 10.6 Å². The zero-order valence-electron chi connectivity index (χ0n) is 7.44. The third-order valence-corrected chi connectivity index (χ3v) is 2.24. The van der Waals surface area contributed by atoms with Crippen LogP contribution in [-0.2, 0) is 11.3 Å². The van der Waals surface area contributed by atoms with E-state index in [9.17, 15) is 13.6 Å². The van der Waals surface area contributed by atoms with Crippen molar-refractivity contribution in [1.82, 2.24) is 5.32 Å². The molecular weight excluding hydrogens is 291 g/mol. The van der Waals surface area contributed by atoms with Gasteiger partial charge in [-0.15, -0.1) is 0 Å². The van der Waals surface area contributed by atoms with Gasteiger partial charge in [0.25, 0.3) is 0 Å². The molecule has 6 heteroatoms. The standard InChI is InChI=1S/C9H7BrClF2NO/c10-9(12,13)8(15)14-5-6-1-3-7(11)4-2-6/h1-4H,5H2,(H,14,15). The highest BCUT2D eigenvalue weighted by molar-refractivity contribution is 9.10. The lowest BCUT2D eigenvalue weighted by atomic mass is 10.2. The van der Waals surface area contributed by atoms with E-state index in [2.05, 4.69) is 5.32 Å². The van der Waals surface area contributed by atoms with Crippen LogP contribution in [0.2, 0.25) is 5.02 Å². The van der Waals surface area contributed by atoms with Crippen LogP contribution in [0.1, 0.15) is 5.56 Å². The molecule has 0 bridgehead atoms. The molecule has 1 aromatic carbocycles. The van der Waals surface area contributed by atoms with Crippen LogP contribution in [0.25, 0.3) is 0 Å². The molecule has 1 N–H and O–H groups in total. The molecule has 1 aromatic rings. The minimum Gasteiger partial charge on any atom is -0.346 e. The lowest BCUT2D eigenvalue weighted by Gasteiger charge is -2.09. The van der Waals surface area contributed by atoms with Crippen LogP contribution in [0.5, 0.6) is 0 Å². The van der Waals surface area contributed by atoms with E-state index < -0.39 is 10.7 Å². The Bertz CT molecular complexity index is 350. The molecule has 0 fully saturated rings. The first-order valence-corrected chi connectivity index (χ1v) is 5.16. The Morgan fingerprint density at radius 3 is 2.40 bits per heavy atom. The van der Waals surface area contributed by atoms with Crippen molar-refractivity contribution in [2.45, 2.75) is 11.4 Å². The number of nitrogens with one attached hydrogen (secondary N) is 1. The molecule has 0 atom stereocenters. The van der Waals surface area contributed by atoms with E-state index in [1.807, 2.05) is 15.9 Å². The van der Waals surface area contributed by atoms with Gasteiger partial charge in [-0.25, -0.2) is 0 Å². The number of carbonyl (C=O) groups is 1. The molecule has 0 saturated carbocycles. The Kier molecular flexibility index (Phi) is 4.04. The molecule has 0 aliphatic rings. The molecule has 0 heterocycles. The van der Waals surface area contributed by atoms with Gasteiger partial charge in [-0.05, 0) is 17.7 Å². The molecule has 0 unspecified atom stereocenters. The fourth-order valence-corrected chi connectivity index (χ4v) is 1.15. The Hall–Kier alpha value is -0.680. The van der Waals surface area contributed by atoms with Gasteiger partial charge in [0.2, 0.25) is 0 Å². The lowest BCUT2D eigenvalue weighted by Crippen LogP contribution is -2.35. The first-order valence-electron chi connectivity index (χ1n) is 3.99. The summed E-state index contributed by atoms with van der Waals surface area (Å²) in [5.41, 5.74) is 0.699. The minimum atomic E-state index is -3.53. The van der Waals surface area contributed by atoms with E-state index in [4.69, 9.17) is 11.6 Å². The van der Waals surface area contributed by atoms with Crippen molar-refractivity contribution in [2.24, 2.45) is 0 Å². The van der Waals surface area contributed by atoms with Gasteiger partial charge >= 0.3 is 10.7 Å². The number of alkyl halides is 3. The smallest absolute Gasteiger partial charge is 0.346 e. The van der Waals surface area contributed by atoms with Gasteiger partial charge in [0.1, 0.15) is 0 Å².